The lowest BCUT2D eigenvalue weighted by Gasteiger charge is -2.11. The van der Waals surface area contributed by atoms with Crippen molar-refractivity contribution in [2.45, 2.75) is 51.3 Å². The van der Waals surface area contributed by atoms with Crippen LogP contribution in [0.25, 0.3) is 11.0 Å². The van der Waals surface area contributed by atoms with Crippen LogP contribution in [0.2, 0.25) is 5.02 Å². The Balaban J connectivity index is 1.56. The molecule has 1 aromatic heterocycles. The number of ether oxygens (including phenoxy) is 2. The second-order valence-electron chi connectivity index (χ2n) is 6.89. The minimum absolute atomic E-state index is 0.361. The summed E-state index contributed by atoms with van der Waals surface area (Å²) in [4.78, 5) is 12.0. The van der Waals surface area contributed by atoms with Gasteiger partial charge in [0.1, 0.15) is 11.5 Å². The van der Waals surface area contributed by atoms with Gasteiger partial charge in [0.15, 0.2) is 5.58 Å². The van der Waals surface area contributed by atoms with Crippen molar-refractivity contribution >= 4 is 40.3 Å². The first kappa shape index (κ1) is 22.5. The van der Waals surface area contributed by atoms with E-state index in [4.69, 9.17) is 25.6 Å². The number of nitrogens with zero attached hydrogens (tertiary/aromatic N) is 1. The van der Waals surface area contributed by atoms with Gasteiger partial charge < -0.3 is 14.0 Å². The molecule has 0 saturated heterocycles. The fraction of sp³-hybridized carbons (Fsp3) is 0.391. The Morgan fingerprint density at radius 3 is 2.77 bits per heavy atom. The third-order valence-electron chi connectivity index (χ3n) is 4.58. The summed E-state index contributed by atoms with van der Waals surface area (Å²) in [5.74, 6) is 1.83. The average molecular weight is 448 g/mol. The lowest BCUT2D eigenvalue weighted by molar-refractivity contribution is -0.131. The van der Waals surface area contributed by atoms with Gasteiger partial charge in [0.25, 0.3) is 0 Å². The van der Waals surface area contributed by atoms with Crippen LogP contribution in [0.1, 0.15) is 44.9 Å². The molecular weight excluding hydrogens is 422 g/mol. The summed E-state index contributed by atoms with van der Waals surface area (Å²) >= 11 is 7.94. The van der Waals surface area contributed by atoms with E-state index in [1.165, 1.54) is 6.92 Å². The Bertz CT molecular complexity index is 1020. The van der Waals surface area contributed by atoms with Crippen molar-refractivity contribution < 1.29 is 18.8 Å². The Labute approximate surface area is 186 Å². The van der Waals surface area contributed by atoms with Gasteiger partial charge in [-0.3, -0.25) is 4.79 Å². The predicted octanol–water partition coefficient (Wildman–Crippen LogP) is 6.48. The molecule has 0 unspecified atom stereocenters. The quantitative estimate of drug-likeness (QED) is 0.153. The van der Waals surface area contributed by atoms with E-state index in [1.54, 1.807) is 23.9 Å². The molecule has 5 nitrogen and oxygen atoms in total. The molecule has 0 fully saturated rings. The molecule has 0 spiro atoms. The number of halogens is 1. The Morgan fingerprint density at radius 2 is 2.07 bits per heavy atom. The smallest absolute Gasteiger partial charge is 0.308 e. The highest BCUT2D eigenvalue weighted by Crippen LogP contribution is 2.33. The van der Waals surface area contributed by atoms with E-state index in [2.05, 4.69) is 19.0 Å². The van der Waals surface area contributed by atoms with Crippen LogP contribution in [0.15, 0.2) is 39.8 Å². The van der Waals surface area contributed by atoms with E-state index in [0.29, 0.717) is 17.4 Å². The molecule has 0 amide bonds. The van der Waals surface area contributed by atoms with Gasteiger partial charge in [0.05, 0.1) is 17.3 Å². The average Bonchev–Trinajstić information content (AvgIpc) is 3.13. The van der Waals surface area contributed by atoms with Crippen molar-refractivity contribution in [2.24, 2.45) is 0 Å². The van der Waals surface area contributed by atoms with Gasteiger partial charge in [0, 0.05) is 34.6 Å². The molecule has 2 aromatic carbocycles. The van der Waals surface area contributed by atoms with E-state index in [1.807, 2.05) is 18.2 Å². The zero-order valence-electron chi connectivity index (χ0n) is 17.5. The second-order valence-corrected chi connectivity index (χ2v) is 8.43. The Hall–Kier alpha value is -2.18. The molecule has 0 N–H and O–H groups in total. The highest BCUT2D eigenvalue weighted by Gasteiger charge is 2.15. The van der Waals surface area contributed by atoms with Crippen molar-refractivity contribution in [3.05, 3.63) is 46.6 Å². The van der Waals surface area contributed by atoms with Gasteiger partial charge >= 0.3 is 5.97 Å². The number of hydrogen-bond donors (Lipinski definition) is 0. The van der Waals surface area contributed by atoms with Gasteiger partial charge in [-0.05, 0) is 43.5 Å². The number of thioether (sulfide) groups is 1. The molecule has 0 saturated carbocycles. The maximum absolute atomic E-state index is 11.0. The summed E-state index contributed by atoms with van der Waals surface area (Å²) in [5.41, 5.74) is 2.93. The topological polar surface area (TPSA) is 61.6 Å². The van der Waals surface area contributed by atoms with Gasteiger partial charge in [0.2, 0.25) is 0 Å². The lowest BCUT2D eigenvalue weighted by atomic mass is 10.0. The number of carbonyl (C=O) groups excluding carboxylic acids is 1. The van der Waals surface area contributed by atoms with Gasteiger partial charge in [-0.1, -0.05) is 37.0 Å². The molecule has 0 atom stereocenters. The number of rotatable bonds is 10. The van der Waals surface area contributed by atoms with Crippen molar-refractivity contribution in [1.82, 2.24) is 5.16 Å². The van der Waals surface area contributed by atoms with E-state index < -0.39 is 0 Å². The standard InChI is InChI=1S/C23H26ClNO4S/c1-4-7-18-21(10-9-17-20(5-2)25-29-23(17)18)27-12-6-13-30-22-11-8-16(14-19(22)24)28-15(3)26/h8-11,14H,4-7,12-13H2,1-3H3. The summed E-state index contributed by atoms with van der Waals surface area (Å²) in [5, 5.41) is 5.85. The van der Waals surface area contributed by atoms with Gasteiger partial charge in [-0.15, -0.1) is 11.8 Å². The number of hydrogen-bond acceptors (Lipinski definition) is 6. The highest BCUT2D eigenvalue weighted by atomic mass is 35.5. The monoisotopic (exact) mass is 447 g/mol. The molecule has 1 heterocycles. The molecule has 0 aliphatic heterocycles. The number of fused-ring (bicyclic) bond motifs is 1. The predicted molar refractivity (Wildman–Crippen MR) is 121 cm³/mol. The molecule has 0 aliphatic rings. The first-order chi connectivity index (χ1) is 14.5. The fourth-order valence-corrected chi connectivity index (χ4v) is 4.40. The first-order valence-electron chi connectivity index (χ1n) is 10.2. The van der Waals surface area contributed by atoms with Gasteiger partial charge in [-0.25, -0.2) is 0 Å². The van der Waals surface area contributed by atoms with Crippen LogP contribution in [0, 0.1) is 0 Å². The SMILES string of the molecule is CCCc1c(OCCCSc2ccc(OC(C)=O)cc2Cl)ccc2c(CC)noc12. The van der Waals surface area contributed by atoms with Crippen LogP contribution in [0.4, 0.5) is 0 Å². The lowest BCUT2D eigenvalue weighted by Crippen LogP contribution is -2.02. The molecule has 3 aromatic rings. The van der Waals surface area contributed by atoms with Crippen LogP contribution in [0.5, 0.6) is 11.5 Å². The number of esters is 1. The molecule has 0 bridgehead atoms. The Morgan fingerprint density at radius 1 is 1.23 bits per heavy atom. The van der Waals surface area contributed by atoms with Gasteiger partial charge in [-0.2, -0.15) is 0 Å². The van der Waals surface area contributed by atoms with E-state index in [-0.39, 0.29) is 5.97 Å². The largest absolute Gasteiger partial charge is 0.493 e. The second kappa shape index (κ2) is 10.7. The Kier molecular flexibility index (Phi) is 8.05. The maximum atomic E-state index is 11.0. The first-order valence-corrected chi connectivity index (χ1v) is 11.5. The molecule has 0 aliphatic carbocycles. The molecule has 0 radical (unpaired) electrons. The van der Waals surface area contributed by atoms with Crippen molar-refractivity contribution in [3.63, 3.8) is 0 Å². The molecule has 160 valence electrons. The summed E-state index contributed by atoms with van der Waals surface area (Å²) in [6, 6.07) is 9.35. The van der Waals surface area contributed by atoms with Crippen LogP contribution >= 0.6 is 23.4 Å². The summed E-state index contributed by atoms with van der Waals surface area (Å²) in [6.07, 6.45) is 3.62. The third-order valence-corrected chi connectivity index (χ3v) is 6.16. The van der Waals surface area contributed by atoms with Crippen LogP contribution < -0.4 is 9.47 Å². The summed E-state index contributed by atoms with van der Waals surface area (Å²) in [7, 11) is 0. The van der Waals surface area contributed by atoms with Crippen molar-refractivity contribution in [1.29, 1.82) is 0 Å². The fourth-order valence-electron chi connectivity index (χ4n) is 3.22. The zero-order chi connectivity index (χ0) is 21.5. The maximum Gasteiger partial charge on any atom is 0.308 e. The molecule has 7 heteroatoms. The number of carbonyl (C=O) groups is 1. The minimum Gasteiger partial charge on any atom is -0.493 e. The zero-order valence-corrected chi connectivity index (χ0v) is 19.1. The van der Waals surface area contributed by atoms with Crippen LogP contribution in [-0.2, 0) is 17.6 Å². The number of benzene rings is 2. The van der Waals surface area contributed by atoms with Crippen molar-refractivity contribution in [2.75, 3.05) is 12.4 Å². The minimum atomic E-state index is -0.361. The third kappa shape index (κ3) is 5.49. The number of aromatic nitrogens is 1. The van der Waals surface area contributed by atoms with Crippen LogP contribution in [0.3, 0.4) is 0 Å². The van der Waals surface area contributed by atoms with E-state index in [0.717, 1.165) is 64.3 Å². The van der Waals surface area contributed by atoms with E-state index >= 15 is 0 Å². The highest BCUT2D eigenvalue weighted by molar-refractivity contribution is 7.99. The van der Waals surface area contributed by atoms with E-state index in [9.17, 15) is 4.79 Å². The van der Waals surface area contributed by atoms with Crippen LogP contribution in [-0.4, -0.2) is 23.5 Å². The summed E-state index contributed by atoms with van der Waals surface area (Å²) < 4.78 is 16.7. The van der Waals surface area contributed by atoms with Crippen molar-refractivity contribution in [3.8, 4) is 11.5 Å². The molecular formula is C23H26ClNO4S. The molecule has 3 rings (SSSR count). The normalized spacial score (nSPS) is 11.1. The summed E-state index contributed by atoms with van der Waals surface area (Å²) in [6.45, 7) is 6.19. The molecule has 30 heavy (non-hydrogen) atoms. The number of aryl methyl sites for hydroxylation is 2.